The smallest absolute Gasteiger partial charge is 0.180 e. The highest BCUT2D eigenvalue weighted by Crippen LogP contribution is 2.09. The zero-order valence-corrected chi connectivity index (χ0v) is 15.4. The summed E-state index contributed by atoms with van der Waals surface area (Å²) in [6.45, 7) is 7.73. The Morgan fingerprint density at radius 3 is 2.00 bits per heavy atom. The van der Waals surface area contributed by atoms with Crippen molar-refractivity contribution >= 4 is 0 Å². The highest BCUT2D eigenvalue weighted by molar-refractivity contribution is 5.20. The molecular formula is C20H34O4. The van der Waals surface area contributed by atoms with Crippen molar-refractivity contribution in [3.8, 4) is 5.75 Å². The topological polar surface area (TPSA) is 36.9 Å². The Morgan fingerprint density at radius 1 is 0.750 bits per heavy atom. The van der Waals surface area contributed by atoms with Crippen molar-refractivity contribution in [1.29, 1.82) is 0 Å². The van der Waals surface area contributed by atoms with Crippen molar-refractivity contribution in [1.82, 2.24) is 0 Å². The first-order chi connectivity index (χ1) is 11.9. The van der Waals surface area contributed by atoms with E-state index in [2.05, 4.69) is 13.8 Å². The summed E-state index contributed by atoms with van der Waals surface area (Å²) in [4.78, 5) is 0. The fourth-order valence-electron chi connectivity index (χ4n) is 2.06. The van der Waals surface area contributed by atoms with E-state index in [0.29, 0.717) is 13.2 Å². The largest absolute Gasteiger partial charge is 0.494 e. The van der Waals surface area contributed by atoms with E-state index < -0.39 is 0 Å². The lowest BCUT2D eigenvalue weighted by atomic mass is 10.3. The summed E-state index contributed by atoms with van der Waals surface area (Å²) < 4.78 is 22.8. The normalized spacial score (nSPS) is 11.1. The Bertz CT molecular complexity index is 359. The second-order valence-electron chi connectivity index (χ2n) is 5.82. The molecule has 0 saturated carbocycles. The Kier molecular flexibility index (Phi) is 13.5. The lowest BCUT2D eigenvalue weighted by Gasteiger charge is -2.18. The van der Waals surface area contributed by atoms with Gasteiger partial charge in [-0.1, -0.05) is 44.9 Å². The molecule has 0 aliphatic heterocycles. The second kappa shape index (κ2) is 15.4. The monoisotopic (exact) mass is 338 g/mol. The number of para-hydroxylation sites is 1. The maximum Gasteiger partial charge on any atom is 0.180 e. The van der Waals surface area contributed by atoms with Crippen LogP contribution < -0.4 is 4.74 Å². The molecule has 0 bridgehead atoms. The summed E-state index contributed by atoms with van der Waals surface area (Å²) in [5, 5.41) is 0. The molecule has 0 aliphatic carbocycles. The Morgan fingerprint density at radius 2 is 1.38 bits per heavy atom. The lowest BCUT2D eigenvalue weighted by Crippen LogP contribution is -2.25. The summed E-state index contributed by atoms with van der Waals surface area (Å²) >= 11 is 0. The summed E-state index contributed by atoms with van der Waals surface area (Å²) in [5.41, 5.74) is 0. The van der Waals surface area contributed by atoms with Gasteiger partial charge in [0.15, 0.2) is 6.29 Å². The zero-order valence-electron chi connectivity index (χ0n) is 15.4. The third-order valence-corrected chi connectivity index (χ3v) is 3.55. The number of rotatable bonds is 16. The van der Waals surface area contributed by atoms with Gasteiger partial charge in [0.1, 0.15) is 5.75 Å². The van der Waals surface area contributed by atoms with Crippen molar-refractivity contribution in [2.24, 2.45) is 0 Å². The molecule has 1 rings (SSSR count). The first-order valence-electron chi connectivity index (χ1n) is 9.35. The van der Waals surface area contributed by atoms with Crippen LogP contribution in [0.25, 0.3) is 0 Å². The van der Waals surface area contributed by atoms with E-state index in [4.69, 9.17) is 18.9 Å². The minimum atomic E-state index is -0.233. The van der Waals surface area contributed by atoms with Crippen LogP contribution in [0.3, 0.4) is 0 Å². The molecule has 0 heterocycles. The van der Waals surface area contributed by atoms with Crippen LogP contribution in [0.4, 0.5) is 0 Å². The molecule has 0 saturated heterocycles. The maximum absolute atomic E-state index is 5.74. The van der Waals surface area contributed by atoms with Gasteiger partial charge in [0.2, 0.25) is 0 Å². The predicted octanol–water partition coefficient (Wildman–Crippen LogP) is 4.82. The molecule has 0 aromatic heterocycles. The molecule has 0 amide bonds. The van der Waals surface area contributed by atoms with Crippen LogP contribution in [0.1, 0.15) is 52.4 Å². The fraction of sp³-hybridized carbons (Fsp3) is 0.700. The number of benzene rings is 1. The van der Waals surface area contributed by atoms with Crippen LogP contribution in [0.2, 0.25) is 0 Å². The number of unbranched alkanes of at least 4 members (excludes halogenated alkanes) is 3. The molecule has 0 aliphatic rings. The quantitative estimate of drug-likeness (QED) is 0.320. The highest BCUT2D eigenvalue weighted by Gasteiger charge is 2.09. The van der Waals surface area contributed by atoms with Gasteiger partial charge in [-0.05, 0) is 37.8 Å². The Balaban J connectivity index is 2.03. The molecule has 0 N–H and O–H groups in total. The van der Waals surface area contributed by atoms with E-state index in [1.165, 1.54) is 0 Å². The van der Waals surface area contributed by atoms with Crippen LogP contribution in [-0.2, 0) is 14.2 Å². The van der Waals surface area contributed by atoms with Crippen LogP contribution in [-0.4, -0.2) is 39.3 Å². The van der Waals surface area contributed by atoms with Crippen molar-refractivity contribution < 1.29 is 18.9 Å². The van der Waals surface area contributed by atoms with Crippen molar-refractivity contribution in [3.05, 3.63) is 30.3 Å². The molecule has 0 unspecified atom stereocenters. The summed E-state index contributed by atoms with van der Waals surface area (Å²) in [5.74, 6) is 0.923. The van der Waals surface area contributed by atoms with Gasteiger partial charge in [-0.3, -0.25) is 0 Å². The van der Waals surface area contributed by atoms with Crippen LogP contribution in [0, 0.1) is 0 Å². The summed E-state index contributed by atoms with van der Waals surface area (Å²) in [6.07, 6.45) is 6.10. The van der Waals surface area contributed by atoms with Crippen LogP contribution in [0.5, 0.6) is 5.75 Å². The summed E-state index contributed by atoms with van der Waals surface area (Å²) in [7, 11) is 0. The van der Waals surface area contributed by atoms with Gasteiger partial charge >= 0.3 is 0 Å². The average molecular weight is 338 g/mol. The number of hydrogen-bond donors (Lipinski definition) is 0. The third-order valence-electron chi connectivity index (χ3n) is 3.55. The fourth-order valence-corrected chi connectivity index (χ4v) is 2.06. The molecular weight excluding hydrogens is 304 g/mol. The molecule has 0 fully saturated rings. The number of hydrogen-bond acceptors (Lipinski definition) is 4. The molecule has 0 atom stereocenters. The third kappa shape index (κ3) is 11.4. The van der Waals surface area contributed by atoms with Crippen LogP contribution in [0.15, 0.2) is 30.3 Å². The molecule has 4 heteroatoms. The summed E-state index contributed by atoms with van der Waals surface area (Å²) in [6, 6.07) is 9.90. The van der Waals surface area contributed by atoms with Gasteiger partial charge in [-0.25, -0.2) is 0 Å². The number of ether oxygens (including phenoxy) is 4. The van der Waals surface area contributed by atoms with Gasteiger partial charge in [0.25, 0.3) is 0 Å². The van der Waals surface area contributed by atoms with Crippen molar-refractivity contribution in [3.63, 3.8) is 0 Å². The first-order valence-corrected chi connectivity index (χ1v) is 9.35. The Hall–Kier alpha value is -1.10. The standard InChI is InChI=1S/C20H34O4/c1-3-5-15-23-20(24-16-6-4-2)18-21-14-10-11-17-22-19-12-8-7-9-13-19/h7-9,12-13,20H,3-6,10-11,14-18H2,1-2H3. The molecule has 4 nitrogen and oxygen atoms in total. The molecule has 0 radical (unpaired) electrons. The van der Waals surface area contributed by atoms with E-state index in [-0.39, 0.29) is 6.29 Å². The van der Waals surface area contributed by atoms with Crippen molar-refractivity contribution in [2.75, 3.05) is 33.0 Å². The van der Waals surface area contributed by atoms with E-state index in [1.54, 1.807) is 0 Å². The van der Waals surface area contributed by atoms with Gasteiger partial charge in [0, 0.05) is 19.8 Å². The zero-order chi connectivity index (χ0) is 17.3. The first kappa shape index (κ1) is 20.9. The van der Waals surface area contributed by atoms with E-state index >= 15 is 0 Å². The van der Waals surface area contributed by atoms with E-state index in [0.717, 1.165) is 64.1 Å². The highest BCUT2D eigenvalue weighted by atomic mass is 16.7. The van der Waals surface area contributed by atoms with Gasteiger partial charge in [0.05, 0.1) is 13.2 Å². The second-order valence-corrected chi connectivity index (χ2v) is 5.82. The predicted molar refractivity (Wildman–Crippen MR) is 97.5 cm³/mol. The van der Waals surface area contributed by atoms with Crippen molar-refractivity contribution in [2.45, 2.75) is 58.7 Å². The lowest BCUT2D eigenvalue weighted by molar-refractivity contribution is -0.173. The van der Waals surface area contributed by atoms with E-state index in [9.17, 15) is 0 Å². The average Bonchev–Trinajstić information content (AvgIpc) is 2.61. The SMILES string of the molecule is CCCCOC(COCCCCOc1ccccc1)OCCCC. The maximum atomic E-state index is 5.74. The molecule has 138 valence electrons. The van der Waals surface area contributed by atoms with Gasteiger partial charge in [-0.15, -0.1) is 0 Å². The molecule has 24 heavy (non-hydrogen) atoms. The minimum absolute atomic E-state index is 0.233. The van der Waals surface area contributed by atoms with Crippen LogP contribution >= 0.6 is 0 Å². The van der Waals surface area contributed by atoms with Gasteiger partial charge in [-0.2, -0.15) is 0 Å². The minimum Gasteiger partial charge on any atom is -0.494 e. The Labute approximate surface area is 147 Å². The molecule has 1 aromatic rings. The van der Waals surface area contributed by atoms with E-state index in [1.807, 2.05) is 30.3 Å². The van der Waals surface area contributed by atoms with Gasteiger partial charge < -0.3 is 18.9 Å². The molecule has 1 aromatic carbocycles. The molecule has 0 spiro atoms.